The third-order valence-electron chi connectivity index (χ3n) is 3.85. The van der Waals surface area contributed by atoms with E-state index in [1.165, 1.54) is 5.56 Å². The fourth-order valence-corrected chi connectivity index (χ4v) is 3.47. The molecule has 0 saturated carbocycles. The van der Waals surface area contributed by atoms with Crippen molar-refractivity contribution in [3.05, 3.63) is 45.4 Å². The van der Waals surface area contributed by atoms with Crippen molar-refractivity contribution in [2.45, 2.75) is 51.7 Å². The number of ether oxygens (including phenoxy) is 1. The van der Waals surface area contributed by atoms with Crippen molar-refractivity contribution in [1.82, 2.24) is 4.98 Å². The molecule has 1 aromatic heterocycles. The molecule has 0 saturated heterocycles. The first kappa shape index (κ1) is 14.5. The molecule has 0 fully saturated rings. The van der Waals surface area contributed by atoms with E-state index in [2.05, 4.69) is 30.3 Å². The van der Waals surface area contributed by atoms with Gasteiger partial charge in [-0.25, -0.2) is 4.98 Å². The number of aliphatic hydroxyl groups excluding tert-OH is 1. The highest BCUT2D eigenvalue weighted by molar-refractivity contribution is 7.09. The van der Waals surface area contributed by atoms with Crippen LogP contribution in [0.1, 0.15) is 60.5 Å². The number of aromatic nitrogens is 1. The maximum atomic E-state index is 10.1. The Kier molecular flexibility index (Phi) is 4.27. The van der Waals surface area contributed by atoms with E-state index >= 15 is 0 Å². The fraction of sp³-hybridized carbons (Fsp3) is 0.471. The van der Waals surface area contributed by atoms with Gasteiger partial charge in [0.05, 0.1) is 16.8 Å². The van der Waals surface area contributed by atoms with Crippen LogP contribution in [0.5, 0.6) is 5.75 Å². The van der Waals surface area contributed by atoms with Crippen molar-refractivity contribution < 1.29 is 9.84 Å². The summed E-state index contributed by atoms with van der Waals surface area (Å²) >= 11 is 1.68. The van der Waals surface area contributed by atoms with Crippen LogP contribution in [0.15, 0.2) is 23.6 Å². The van der Waals surface area contributed by atoms with E-state index in [-0.39, 0.29) is 6.10 Å². The quantitative estimate of drug-likeness (QED) is 0.919. The Morgan fingerprint density at radius 3 is 3.05 bits per heavy atom. The van der Waals surface area contributed by atoms with E-state index in [9.17, 15) is 5.11 Å². The first-order valence-corrected chi connectivity index (χ1v) is 8.39. The van der Waals surface area contributed by atoms with Crippen LogP contribution < -0.4 is 4.74 Å². The molecule has 0 amide bonds. The Morgan fingerprint density at radius 1 is 1.43 bits per heavy atom. The summed E-state index contributed by atoms with van der Waals surface area (Å²) in [5.41, 5.74) is 3.25. The molecule has 0 spiro atoms. The molecule has 3 nitrogen and oxygen atoms in total. The Bertz CT molecular complexity index is 621. The molecule has 2 aromatic rings. The van der Waals surface area contributed by atoms with E-state index < -0.39 is 0 Å². The molecule has 1 aliphatic carbocycles. The lowest BCUT2D eigenvalue weighted by Crippen LogP contribution is -2.09. The molecule has 21 heavy (non-hydrogen) atoms. The molecule has 0 aliphatic heterocycles. The maximum Gasteiger partial charge on any atom is 0.131 e. The van der Waals surface area contributed by atoms with E-state index in [0.29, 0.717) is 12.5 Å². The Morgan fingerprint density at radius 2 is 2.29 bits per heavy atom. The SMILES string of the molecule is CC(C)c1nc(COc2ccc3c(c2)[C@@H](O)CCC3)cs1. The fourth-order valence-electron chi connectivity index (χ4n) is 2.65. The van der Waals surface area contributed by atoms with Gasteiger partial charge in [0.2, 0.25) is 0 Å². The molecule has 3 rings (SSSR count). The van der Waals surface area contributed by atoms with E-state index in [4.69, 9.17) is 4.74 Å². The monoisotopic (exact) mass is 303 g/mol. The van der Waals surface area contributed by atoms with Gasteiger partial charge in [-0.2, -0.15) is 0 Å². The summed E-state index contributed by atoms with van der Waals surface area (Å²) in [6, 6.07) is 6.05. The number of hydrogen-bond acceptors (Lipinski definition) is 4. The lowest BCUT2D eigenvalue weighted by Gasteiger charge is -2.21. The number of aryl methyl sites for hydroxylation is 1. The summed E-state index contributed by atoms with van der Waals surface area (Å²) in [7, 11) is 0. The van der Waals surface area contributed by atoms with Gasteiger partial charge in [0.15, 0.2) is 0 Å². The number of thiazole rings is 1. The normalized spacial score (nSPS) is 17.8. The van der Waals surface area contributed by atoms with E-state index in [1.54, 1.807) is 11.3 Å². The zero-order valence-electron chi connectivity index (χ0n) is 12.5. The summed E-state index contributed by atoms with van der Waals surface area (Å²) in [5.74, 6) is 1.27. The van der Waals surface area contributed by atoms with Crippen LogP contribution in [-0.4, -0.2) is 10.1 Å². The van der Waals surface area contributed by atoms with Crippen molar-refractivity contribution in [3.63, 3.8) is 0 Å². The second-order valence-corrected chi connectivity index (χ2v) is 6.78. The topological polar surface area (TPSA) is 42.4 Å². The molecular weight excluding hydrogens is 282 g/mol. The minimum atomic E-state index is -0.343. The molecule has 1 aliphatic rings. The highest BCUT2D eigenvalue weighted by atomic mass is 32.1. The van der Waals surface area contributed by atoms with Crippen molar-refractivity contribution in [2.75, 3.05) is 0 Å². The molecule has 1 heterocycles. The molecule has 4 heteroatoms. The second-order valence-electron chi connectivity index (χ2n) is 5.89. The standard InChI is InChI=1S/C17H21NO2S/c1-11(2)17-18-13(10-21-17)9-20-14-7-6-12-4-3-5-16(19)15(12)8-14/h6-8,10-11,16,19H,3-5,9H2,1-2H3/t16-/m0/s1. The predicted octanol–water partition coefficient (Wildman–Crippen LogP) is 4.22. The van der Waals surface area contributed by atoms with E-state index in [1.807, 2.05) is 12.1 Å². The summed E-state index contributed by atoms with van der Waals surface area (Å²) in [4.78, 5) is 4.57. The zero-order chi connectivity index (χ0) is 14.8. The average molecular weight is 303 g/mol. The van der Waals surface area contributed by atoms with Gasteiger partial charge < -0.3 is 9.84 Å². The Balaban J connectivity index is 1.69. The predicted molar refractivity (Wildman–Crippen MR) is 84.9 cm³/mol. The Labute approximate surface area is 129 Å². The molecule has 1 atom stereocenters. The van der Waals surface area contributed by atoms with Crippen LogP contribution in [0.2, 0.25) is 0 Å². The van der Waals surface area contributed by atoms with Crippen LogP contribution in [0.25, 0.3) is 0 Å². The first-order chi connectivity index (χ1) is 10.1. The first-order valence-electron chi connectivity index (χ1n) is 7.51. The second kappa shape index (κ2) is 6.16. The van der Waals surface area contributed by atoms with Gasteiger partial charge in [-0.1, -0.05) is 19.9 Å². The number of rotatable bonds is 4. The molecule has 1 aromatic carbocycles. The third-order valence-corrected chi connectivity index (χ3v) is 5.04. The maximum absolute atomic E-state index is 10.1. The van der Waals surface area contributed by atoms with Gasteiger partial charge in [-0.3, -0.25) is 0 Å². The molecule has 112 valence electrons. The highest BCUT2D eigenvalue weighted by Gasteiger charge is 2.18. The van der Waals surface area contributed by atoms with Gasteiger partial charge in [0, 0.05) is 11.3 Å². The van der Waals surface area contributed by atoms with Crippen LogP contribution in [-0.2, 0) is 13.0 Å². The van der Waals surface area contributed by atoms with Crippen LogP contribution in [0.3, 0.4) is 0 Å². The zero-order valence-corrected chi connectivity index (χ0v) is 13.3. The van der Waals surface area contributed by atoms with Gasteiger partial charge >= 0.3 is 0 Å². The number of fused-ring (bicyclic) bond motifs is 1. The Hall–Kier alpha value is -1.39. The molecular formula is C17H21NO2S. The van der Waals surface area contributed by atoms with Crippen LogP contribution >= 0.6 is 11.3 Å². The van der Waals surface area contributed by atoms with Crippen molar-refractivity contribution >= 4 is 11.3 Å². The van der Waals surface area contributed by atoms with E-state index in [0.717, 1.165) is 41.3 Å². The molecule has 1 N–H and O–H groups in total. The van der Waals surface area contributed by atoms with Gasteiger partial charge in [0.1, 0.15) is 12.4 Å². The summed E-state index contributed by atoms with van der Waals surface area (Å²) in [6.07, 6.45) is 2.62. The minimum Gasteiger partial charge on any atom is -0.487 e. The highest BCUT2D eigenvalue weighted by Crippen LogP contribution is 2.32. The number of aliphatic hydroxyl groups is 1. The lowest BCUT2D eigenvalue weighted by atomic mass is 9.89. The smallest absolute Gasteiger partial charge is 0.131 e. The molecule has 0 radical (unpaired) electrons. The molecule has 0 unspecified atom stereocenters. The van der Waals surface area contributed by atoms with Crippen molar-refractivity contribution in [3.8, 4) is 5.75 Å². The number of benzene rings is 1. The van der Waals surface area contributed by atoms with Gasteiger partial charge in [0.25, 0.3) is 0 Å². The van der Waals surface area contributed by atoms with Gasteiger partial charge in [-0.15, -0.1) is 11.3 Å². The minimum absolute atomic E-state index is 0.343. The van der Waals surface area contributed by atoms with Gasteiger partial charge in [-0.05, 0) is 42.5 Å². The van der Waals surface area contributed by atoms with Crippen molar-refractivity contribution in [1.29, 1.82) is 0 Å². The van der Waals surface area contributed by atoms with Crippen LogP contribution in [0, 0.1) is 0 Å². The van der Waals surface area contributed by atoms with Crippen molar-refractivity contribution in [2.24, 2.45) is 0 Å². The third kappa shape index (κ3) is 3.27. The van der Waals surface area contributed by atoms with Crippen LogP contribution in [0.4, 0.5) is 0 Å². The largest absolute Gasteiger partial charge is 0.487 e. The number of nitrogens with zero attached hydrogens (tertiary/aromatic N) is 1. The molecule has 0 bridgehead atoms. The summed E-state index contributed by atoms with van der Waals surface area (Å²) in [5, 5.41) is 13.3. The summed E-state index contributed by atoms with van der Waals surface area (Å²) < 4.78 is 5.83. The average Bonchev–Trinajstić information content (AvgIpc) is 2.95. The lowest BCUT2D eigenvalue weighted by molar-refractivity contribution is 0.156. The summed E-state index contributed by atoms with van der Waals surface area (Å²) in [6.45, 7) is 4.78. The number of hydrogen-bond donors (Lipinski definition) is 1.